The topological polar surface area (TPSA) is 156 Å². The number of amides is 2. The molecule has 4 bridgehead atoms. The molecule has 40 heavy (non-hydrogen) atoms. The number of carboxylic acid groups (broad SMARTS) is 1. The summed E-state index contributed by atoms with van der Waals surface area (Å²) in [5.74, 6) is -1.07. The van der Waals surface area contributed by atoms with E-state index in [1.807, 2.05) is 49.4 Å². The molecule has 2 amide bonds. The van der Waals surface area contributed by atoms with Gasteiger partial charge in [0.15, 0.2) is 0 Å². The number of carbonyl (C=O) groups is 3. The number of nitrogens with two attached hydrogens (primary N) is 1. The maximum Gasteiger partial charge on any atom is 0.411 e. The zero-order valence-electron chi connectivity index (χ0n) is 21.8. The Labute approximate surface area is 230 Å². The number of carbonyl (C=O) groups excluding carboxylic acids is 2. The molecule has 0 aliphatic carbocycles. The summed E-state index contributed by atoms with van der Waals surface area (Å²) in [7, 11) is 0. The quantitative estimate of drug-likeness (QED) is 0.250. The Balaban J connectivity index is 1.56. The number of hydrogen-bond donors (Lipinski definition) is 5. The number of nitrogen functional groups attached to an aromatic ring is 1. The average molecular weight is 540 g/mol. The minimum absolute atomic E-state index is 0.171. The van der Waals surface area contributed by atoms with Crippen LogP contribution < -0.4 is 21.7 Å². The molecule has 3 aromatic carbocycles. The van der Waals surface area contributed by atoms with Gasteiger partial charge in [0.25, 0.3) is 0 Å². The highest BCUT2D eigenvalue weighted by atomic mass is 16.5. The number of hydrogen-bond acceptors (Lipinski definition) is 7. The number of rotatable bonds is 4. The molecule has 1 unspecified atom stereocenters. The zero-order chi connectivity index (χ0) is 28.2. The lowest BCUT2D eigenvalue weighted by Gasteiger charge is -2.25. The SMILES string of the molecule is Cc1cc2ccc1CCOC(=O)Nc1cccc(c1)C(CC(=O)O)NC(=O)[C@H]2Nc1ccc2c(N)nccc2c1. The zero-order valence-corrected chi connectivity index (χ0v) is 21.8. The van der Waals surface area contributed by atoms with E-state index < -0.39 is 30.1 Å². The maximum atomic E-state index is 13.9. The van der Waals surface area contributed by atoms with E-state index in [1.165, 1.54) is 0 Å². The number of anilines is 3. The molecule has 0 fully saturated rings. The number of benzene rings is 3. The normalized spacial score (nSPS) is 17.5. The highest BCUT2D eigenvalue weighted by molar-refractivity contribution is 5.94. The van der Waals surface area contributed by atoms with Gasteiger partial charge in [-0.25, -0.2) is 9.78 Å². The number of ether oxygens (including phenoxy) is 1. The Kier molecular flexibility index (Phi) is 7.50. The number of fused-ring (bicyclic) bond motifs is 10. The van der Waals surface area contributed by atoms with Gasteiger partial charge in [0, 0.05) is 29.4 Å². The summed E-state index contributed by atoms with van der Waals surface area (Å²) in [4.78, 5) is 42.1. The predicted octanol–water partition coefficient (Wildman–Crippen LogP) is 4.72. The third-order valence-corrected chi connectivity index (χ3v) is 6.90. The van der Waals surface area contributed by atoms with Crippen LogP contribution in [0.15, 0.2) is 72.9 Å². The van der Waals surface area contributed by atoms with Gasteiger partial charge in [-0.05, 0) is 71.0 Å². The maximum absolute atomic E-state index is 13.9. The molecule has 0 saturated heterocycles. The van der Waals surface area contributed by atoms with Gasteiger partial charge in [-0.3, -0.25) is 14.9 Å². The predicted molar refractivity (Wildman–Crippen MR) is 152 cm³/mol. The first-order valence-corrected chi connectivity index (χ1v) is 12.8. The Hall–Kier alpha value is -5.12. The van der Waals surface area contributed by atoms with Gasteiger partial charge in [0.2, 0.25) is 5.91 Å². The highest BCUT2D eigenvalue weighted by Crippen LogP contribution is 2.29. The minimum Gasteiger partial charge on any atom is -0.481 e. The lowest BCUT2D eigenvalue weighted by molar-refractivity contribution is -0.137. The minimum atomic E-state index is -1.08. The van der Waals surface area contributed by atoms with E-state index in [9.17, 15) is 19.5 Å². The van der Waals surface area contributed by atoms with Crippen LogP contribution in [-0.2, 0) is 20.7 Å². The highest BCUT2D eigenvalue weighted by Gasteiger charge is 2.26. The molecule has 0 spiro atoms. The Morgan fingerprint density at radius 1 is 1.10 bits per heavy atom. The number of aromatic nitrogens is 1. The fraction of sp³-hybridized carbons (Fsp3) is 0.200. The third kappa shape index (κ3) is 5.96. The molecule has 4 aromatic rings. The lowest BCUT2D eigenvalue weighted by atomic mass is 9.96. The van der Waals surface area contributed by atoms with E-state index in [0.717, 1.165) is 21.9 Å². The van der Waals surface area contributed by atoms with Gasteiger partial charge in [0.1, 0.15) is 11.9 Å². The van der Waals surface area contributed by atoms with Crippen molar-refractivity contribution in [3.8, 4) is 0 Å². The summed E-state index contributed by atoms with van der Waals surface area (Å²) in [5.41, 5.74) is 10.2. The van der Waals surface area contributed by atoms with Crippen LogP contribution >= 0.6 is 0 Å². The number of aryl methyl sites for hydroxylation is 1. The fourth-order valence-corrected chi connectivity index (χ4v) is 4.86. The molecule has 10 heteroatoms. The van der Waals surface area contributed by atoms with Crippen molar-refractivity contribution in [1.29, 1.82) is 0 Å². The van der Waals surface area contributed by atoms with Gasteiger partial charge >= 0.3 is 12.1 Å². The van der Waals surface area contributed by atoms with E-state index in [4.69, 9.17) is 10.5 Å². The van der Waals surface area contributed by atoms with Crippen LogP contribution in [0.3, 0.4) is 0 Å². The van der Waals surface area contributed by atoms with Gasteiger partial charge in [-0.1, -0.05) is 30.3 Å². The summed E-state index contributed by atoms with van der Waals surface area (Å²) in [6.45, 7) is 2.10. The lowest BCUT2D eigenvalue weighted by Crippen LogP contribution is -2.37. The van der Waals surface area contributed by atoms with E-state index in [0.29, 0.717) is 34.7 Å². The summed E-state index contributed by atoms with van der Waals surface area (Å²) in [5, 5.41) is 20.2. The summed E-state index contributed by atoms with van der Waals surface area (Å²) in [6.07, 6.45) is 1.16. The van der Waals surface area contributed by atoms with Gasteiger partial charge in [0.05, 0.1) is 19.1 Å². The standard InChI is InChI=1S/C30H29N5O5/c1-17-13-21-6-5-18(17)10-12-40-30(39)34-22-4-2-3-20(15-22)25(16-26(36)37)35-29(38)27(21)33-23-7-8-24-19(14-23)9-11-32-28(24)31/h2-9,11,13-15,25,27,33H,10,12,16H2,1H3,(H2,31,32)(H,34,39)(H,35,38)(H,36,37)/t25?,27-/m0/s1. The van der Waals surface area contributed by atoms with Crippen molar-refractivity contribution in [2.45, 2.75) is 31.8 Å². The van der Waals surface area contributed by atoms with Crippen LogP contribution in [0, 0.1) is 6.92 Å². The second-order valence-electron chi connectivity index (χ2n) is 9.69. The molecule has 2 aliphatic rings. The molecule has 6 rings (SSSR count). The van der Waals surface area contributed by atoms with Crippen molar-refractivity contribution in [3.63, 3.8) is 0 Å². The van der Waals surface area contributed by atoms with Crippen molar-refractivity contribution < 1.29 is 24.2 Å². The van der Waals surface area contributed by atoms with E-state index in [1.54, 1.807) is 30.5 Å². The molecule has 2 aliphatic heterocycles. The third-order valence-electron chi connectivity index (χ3n) is 6.90. The smallest absolute Gasteiger partial charge is 0.411 e. The number of aliphatic carboxylic acids is 1. The van der Waals surface area contributed by atoms with Crippen LogP contribution in [0.5, 0.6) is 0 Å². The molecule has 0 saturated carbocycles. The monoisotopic (exact) mass is 539 g/mol. The second kappa shape index (κ2) is 11.3. The molecule has 2 atom stereocenters. The molecule has 0 radical (unpaired) electrons. The van der Waals surface area contributed by atoms with Gasteiger partial charge in [-0.15, -0.1) is 0 Å². The molecule has 204 valence electrons. The Morgan fingerprint density at radius 2 is 1.95 bits per heavy atom. The first-order chi connectivity index (χ1) is 19.3. The molecule has 6 N–H and O–H groups in total. The molecule has 3 heterocycles. The number of nitrogens with zero attached hydrogens (tertiary/aromatic N) is 1. The average Bonchev–Trinajstić information content (AvgIpc) is 2.92. The van der Waals surface area contributed by atoms with Crippen molar-refractivity contribution in [2.75, 3.05) is 23.0 Å². The van der Waals surface area contributed by atoms with E-state index in [2.05, 4.69) is 20.9 Å². The largest absolute Gasteiger partial charge is 0.481 e. The summed E-state index contributed by atoms with van der Waals surface area (Å²) < 4.78 is 5.36. The van der Waals surface area contributed by atoms with Crippen LogP contribution in [0.4, 0.5) is 22.0 Å². The molecular weight excluding hydrogens is 510 g/mol. The fourth-order valence-electron chi connectivity index (χ4n) is 4.86. The summed E-state index contributed by atoms with van der Waals surface area (Å²) >= 11 is 0. The van der Waals surface area contributed by atoms with Gasteiger partial charge < -0.3 is 26.2 Å². The van der Waals surface area contributed by atoms with Crippen molar-refractivity contribution in [1.82, 2.24) is 10.3 Å². The number of pyridine rings is 1. The van der Waals surface area contributed by atoms with Crippen LogP contribution in [0.1, 0.15) is 40.8 Å². The molecule has 10 nitrogen and oxygen atoms in total. The number of carboxylic acids is 1. The Morgan fingerprint density at radius 3 is 2.75 bits per heavy atom. The summed E-state index contributed by atoms with van der Waals surface area (Å²) in [6, 6.07) is 18.0. The van der Waals surface area contributed by atoms with E-state index >= 15 is 0 Å². The first kappa shape index (κ1) is 26.5. The molecule has 1 aromatic heterocycles. The Bertz CT molecular complexity index is 1600. The van der Waals surface area contributed by atoms with Crippen LogP contribution in [-0.4, -0.2) is 34.7 Å². The van der Waals surface area contributed by atoms with Crippen LogP contribution in [0.25, 0.3) is 10.8 Å². The van der Waals surface area contributed by atoms with Crippen LogP contribution in [0.2, 0.25) is 0 Å². The first-order valence-electron chi connectivity index (χ1n) is 12.8. The van der Waals surface area contributed by atoms with Crippen molar-refractivity contribution >= 4 is 45.9 Å². The molecular formula is C30H29N5O5. The van der Waals surface area contributed by atoms with E-state index in [-0.39, 0.29) is 13.0 Å². The second-order valence-corrected chi connectivity index (χ2v) is 9.69. The van der Waals surface area contributed by atoms with Gasteiger partial charge in [-0.2, -0.15) is 0 Å². The van der Waals surface area contributed by atoms with Crippen molar-refractivity contribution in [2.24, 2.45) is 0 Å². The number of nitrogens with one attached hydrogen (secondary N) is 3. The van der Waals surface area contributed by atoms with Crippen molar-refractivity contribution in [3.05, 3.63) is 95.2 Å².